The first kappa shape index (κ1) is 25.9. The van der Waals surface area contributed by atoms with E-state index < -0.39 is 34.4 Å². The number of carbonyl (C=O) groups excluding carboxylic acids is 3. The van der Waals surface area contributed by atoms with Crippen molar-refractivity contribution in [2.45, 2.75) is 51.0 Å². The SMILES string of the molecule is CC1(C)CC[C@@H](c2cc(F)cc(F)c2)N(CC(=O)Nc2ccc3c(c2)C[C@@]2(C3)C(=O)Nc3c2ccc[n+]3O)C1=O. The van der Waals surface area contributed by atoms with Gasteiger partial charge in [-0.3, -0.25) is 9.59 Å². The van der Waals surface area contributed by atoms with Gasteiger partial charge in [0.1, 0.15) is 29.8 Å². The normalized spacial score (nSPS) is 22.7. The Morgan fingerprint density at radius 2 is 1.82 bits per heavy atom. The largest absolute Gasteiger partial charge is 0.350 e. The Bertz CT molecular complexity index is 1570. The lowest BCUT2D eigenvalue weighted by Crippen LogP contribution is -2.50. The standard InChI is InChI=1S/C30H28F2N4O4/c1-29(2)8-7-24(18-10-20(31)13-21(32)11-18)35(28(29)39)16-25(37)33-22-6-5-17-14-30(15-19(17)12-22)23-4-3-9-36(40)26(23)34-27(30)38/h3-6,9-13,24,40H,7-8,14-16H2,1-2H3,(H,33,37)/p+1/t24-,30+/m0/s1. The molecule has 10 heteroatoms. The van der Waals surface area contributed by atoms with Crippen molar-refractivity contribution in [1.29, 1.82) is 0 Å². The molecule has 2 aliphatic heterocycles. The summed E-state index contributed by atoms with van der Waals surface area (Å²) in [6.07, 6.45) is 3.31. The minimum absolute atomic E-state index is 0.190. The van der Waals surface area contributed by atoms with E-state index in [2.05, 4.69) is 10.6 Å². The van der Waals surface area contributed by atoms with E-state index in [1.165, 1.54) is 23.2 Å². The number of hydrogen-bond acceptors (Lipinski definition) is 4. The summed E-state index contributed by atoms with van der Waals surface area (Å²) in [7, 11) is 0. The molecule has 2 aromatic carbocycles. The predicted molar refractivity (Wildman–Crippen MR) is 140 cm³/mol. The molecule has 6 rings (SSSR count). The molecular formula is C30H29F2N4O4+. The van der Waals surface area contributed by atoms with E-state index in [9.17, 15) is 28.4 Å². The molecule has 2 atom stereocenters. The van der Waals surface area contributed by atoms with Crippen molar-refractivity contribution < 1.29 is 33.1 Å². The van der Waals surface area contributed by atoms with Crippen LogP contribution in [0.3, 0.4) is 0 Å². The van der Waals surface area contributed by atoms with E-state index in [4.69, 9.17) is 0 Å². The number of nitrogens with zero attached hydrogens (tertiary/aromatic N) is 2. The highest BCUT2D eigenvalue weighted by Gasteiger charge is 2.56. The lowest BCUT2D eigenvalue weighted by molar-refractivity contribution is -0.893. The van der Waals surface area contributed by atoms with Crippen molar-refractivity contribution in [1.82, 2.24) is 4.90 Å². The Hall–Kier alpha value is -4.34. The molecule has 1 spiro atoms. The van der Waals surface area contributed by atoms with Gasteiger partial charge >= 0.3 is 11.7 Å². The summed E-state index contributed by atoms with van der Waals surface area (Å²) in [5.41, 5.74) is 1.86. The third kappa shape index (κ3) is 4.18. The van der Waals surface area contributed by atoms with Crippen molar-refractivity contribution in [3.63, 3.8) is 0 Å². The second-order valence-corrected chi connectivity index (χ2v) is 11.6. The van der Waals surface area contributed by atoms with Gasteiger partial charge in [-0.05, 0) is 78.8 Å². The maximum Gasteiger partial charge on any atom is 0.325 e. The first-order valence-electron chi connectivity index (χ1n) is 13.2. The van der Waals surface area contributed by atoms with E-state index >= 15 is 0 Å². The maximum absolute atomic E-state index is 14.0. The number of aromatic nitrogens is 1. The van der Waals surface area contributed by atoms with Gasteiger partial charge in [0, 0.05) is 17.2 Å². The van der Waals surface area contributed by atoms with Crippen LogP contribution in [0.5, 0.6) is 0 Å². The topological polar surface area (TPSA) is 103 Å². The molecule has 3 aromatic rings. The fourth-order valence-corrected chi connectivity index (χ4v) is 6.40. The molecule has 1 aromatic heterocycles. The number of fused-ring (bicyclic) bond motifs is 3. The summed E-state index contributed by atoms with van der Waals surface area (Å²) in [6, 6.07) is 11.5. The number of anilines is 2. The summed E-state index contributed by atoms with van der Waals surface area (Å²) in [5.74, 6) is -2.00. The van der Waals surface area contributed by atoms with Gasteiger partial charge in [0.25, 0.3) is 0 Å². The zero-order valence-corrected chi connectivity index (χ0v) is 22.1. The number of rotatable bonds is 4. The highest BCUT2D eigenvalue weighted by atomic mass is 19.1. The predicted octanol–water partition coefficient (Wildman–Crippen LogP) is 3.81. The number of benzene rings is 2. The molecule has 1 saturated heterocycles. The van der Waals surface area contributed by atoms with Crippen LogP contribution >= 0.6 is 0 Å². The number of carbonyl (C=O) groups is 3. The summed E-state index contributed by atoms with van der Waals surface area (Å²) < 4.78 is 28.9. The number of likely N-dealkylation sites (tertiary alicyclic amines) is 1. The van der Waals surface area contributed by atoms with Gasteiger partial charge in [-0.15, -0.1) is 0 Å². The number of pyridine rings is 1. The molecule has 8 nitrogen and oxygen atoms in total. The molecule has 0 bridgehead atoms. The third-order valence-electron chi connectivity index (χ3n) is 8.47. The molecule has 0 radical (unpaired) electrons. The monoisotopic (exact) mass is 547 g/mol. The molecule has 3 N–H and O–H groups in total. The van der Waals surface area contributed by atoms with Crippen molar-refractivity contribution in [2.24, 2.45) is 5.41 Å². The maximum atomic E-state index is 14.0. The Kier molecular flexibility index (Phi) is 5.90. The second kappa shape index (κ2) is 9.11. The second-order valence-electron chi connectivity index (χ2n) is 11.6. The van der Waals surface area contributed by atoms with Gasteiger partial charge in [-0.1, -0.05) is 24.6 Å². The van der Waals surface area contributed by atoms with Gasteiger partial charge in [-0.2, -0.15) is 0 Å². The Labute approximate surface area is 229 Å². The molecule has 206 valence electrons. The van der Waals surface area contributed by atoms with Crippen LogP contribution in [0.4, 0.5) is 20.3 Å². The van der Waals surface area contributed by atoms with E-state index in [0.717, 1.165) is 27.5 Å². The zero-order valence-electron chi connectivity index (χ0n) is 22.1. The van der Waals surface area contributed by atoms with E-state index in [0.29, 0.717) is 42.8 Å². The van der Waals surface area contributed by atoms with Gasteiger partial charge in [0.2, 0.25) is 11.8 Å². The number of amides is 3. The third-order valence-corrected chi connectivity index (χ3v) is 8.47. The van der Waals surface area contributed by atoms with Crippen LogP contribution in [0.2, 0.25) is 0 Å². The Morgan fingerprint density at radius 3 is 2.58 bits per heavy atom. The van der Waals surface area contributed by atoms with Gasteiger partial charge in [0.05, 0.1) is 11.6 Å². The van der Waals surface area contributed by atoms with Crippen molar-refractivity contribution in [2.75, 3.05) is 17.2 Å². The molecule has 3 heterocycles. The molecular weight excluding hydrogens is 518 g/mol. The van der Waals surface area contributed by atoms with Crippen molar-refractivity contribution in [3.8, 4) is 0 Å². The van der Waals surface area contributed by atoms with E-state index in [1.807, 2.05) is 18.2 Å². The molecule has 1 fully saturated rings. The van der Waals surface area contributed by atoms with Crippen molar-refractivity contribution in [3.05, 3.63) is 88.6 Å². The number of halogens is 2. The van der Waals surface area contributed by atoms with Crippen LogP contribution in [0, 0.1) is 17.0 Å². The lowest BCUT2D eigenvalue weighted by atomic mass is 9.78. The summed E-state index contributed by atoms with van der Waals surface area (Å²) in [5, 5.41) is 15.8. The smallest absolute Gasteiger partial charge is 0.325 e. The fraction of sp³-hybridized carbons (Fsp3) is 0.333. The Balaban J connectivity index is 1.22. The van der Waals surface area contributed by atoms with Gasteiger partial charge in [0.15, 0.2) is 0 Å². The molecule has 0 saturated carbocycles. The first-order chi connectivity index (χ1) is 19.0. The fourth-order valence-electron chi connectivity index (χ4n) is 6.40. The number of hydrogen-bond donors (Lipinski definition) is 3. The Morgan fingerprint density at radius 1 is 1.10 bits per heavy atom. The van der Waals surface area contributed by atoms with Crippen LogP contribution in [0.15, 0.2) is 54.7 Å². The van der Waals surface area contributed by atoms with Gasteiger partial charge < -0.3 is 15.4 Å². The van der Waals surface area contributed by atoms with Crippen LogP contribution in [0.1, 0.15) is 55.0 Å². The highest BCUT2D eigenvalue weighted by molar-refractivity contribution is 6.05. The molecule has 1 aliphatic carbocycles. The van der Waals surface area contributed by atoms with Crippen LogP contribution in [-0.4, -0.2) is 34.4 Å². The highest BCUT2D eigenvalue weighted by Crippen LogP contribution is 2.46. The number of nitrogens with one attached hydrogen (secondary N) is 2. The molecule has 0 unspecified atom stereocenters. The van der Waals surface area contributed by atoms with E-state index in [1.54, 1.807) is 26.0 Å². The van der Waals surface area contributed by atoms with Crippen LogP contribution in [0.25, 0.3) is 0 Å². The summed E-state index contributed by atoms with van der Waals surface area (Å²) >= 11 is 0. The average Bonchev–Trinajstić information content (AvgIpc) is 3.39. The van der Waals surface area contributed by atoms with Crippen LogP contribution < -0.4 is 15.4 Å². The quantitative estimate of drug-likeness (QED) is 0.342. The zero-order chi connectivity index (χ0) is 28.4. The molecule has 40 heavy (non-hydrogen) atoms. The molecule has 3 amide bonds. The number of piperidine rings is 1. The van der Waals surface area contributed by atoms with Crippen LogP contribution in [-0.2, 0) is 32.6 Å². The van der Waals surface area contributed by atoms with Gasteiger partial charge in [-0.25, -0.2) is 18.9 Å². The minimum Gasteiger partial charge on any atom is -0.350 e. The average molecular weight is 548 g/mol. The van der Waals surface area contributed by atoms with E-state index in [-0.39, 0.29) is 18.4 Å². The first-order valence-corrected chi connectivity index (χ1v) is 13.2. The molecule has 3 aliphatic rings. The summed E-state index contributed by atoms with van der Waals surface area (Å²) in [4.78, 5) is 41.0. The lowest BCUT2D eigenvalue weighted by Gasteiger charge is -2.43. The van der Waals surface area contributed by atoms with Crippen molar-refractivity contribution >= 4 is 29.2 Å². The minimum atomic E-state index is -0.842. The summed E-state index contributed by atoms with van der Waals surface area (Å²) in [6.45, 7) is 3.32.